The van der Waals surface area contributed by atoms with Gasteiger partial charge in [-0.25, -0.2) is 0 Å². The van der Waals surface area contributed by atoms with E-state index in [1.54, 1.807) is 4.90 Å². The highest BCUT2D eigenvalue weighted by Crippen LogP contribution is 2.30. The van der Waals surface area contributed by atoms with Crippen molar-refractivity contribution in [2.75, 3.05) is 0 Å². The molecule has 2 heterocycles. The molecule has 7 nitrogen and oxygen atoms in total. The van der Waals surface area contributed by atoms with Gasteiger partial charge in [-0.2, -0.15) is 0 Å². The molecule has 1 aromatic rings. The highest BCUT2D eigenvalue weighted by Gasteiger charge is 2.40. The molecule has 2 aliphatic heterocycles. The van der Waals surface area contributed by atoms with Crippen LogP contribution < -0.4 is 16.4 Å². The molecule has 0 bridgehead atoms. The van der Waals surface area contributed by atoms with E-state index >= 15 is 0 Å². The number of imide groups is 1. The van der Waals surface area contributed by atoms with E-state index in [1.165, 1.54) is 0 Å². The maximum absolute atomic E-state index is 12.9. The van der Waals surface area contributed by atoms with Crippen molar-refractivity contribution in [2.45, 2.75) is 56.9 Å². The molecular weight excluding hydrogens is 320 g/mol. The second-order valence-corrected chi connectivity index (χ2v) is 7.16. The molecule has 1 aliphatic carbocycles. The summed E-state index contributed by atoms with van der Waals surface area (Å²) >= 11 is 0. The Hall–Kier alpha value is -2.25. The minimum absolute atomic E-state index is 0.118. The number of carbonyl (C=O) groups is 3. The Kier molecular flexibility index (Phi) is 4.05. The lowest BCUT2D eigenvalue weighted by atomic mass is 9.87. The number of hydrogen-bond acceptors (Lipinski definition) is 5. The summed E-state index contributed by atoms with van der Waals surface area (Å²) in [6.45, 7) is 1.04. The van der Waals surface area contributed by atoms with Gasteiger partial charge in [-0.3, -0.25) is 19.7 Å². The Morgan fingerprint density at radius 3 is 2.76 bits per heavy atom. The van der Waals surface area contributed by atoms with E-state index in [1.807, 2.05) is 18.2 Å². The topological polar surface area (TPSA) is 105 Å². The number of fused-ring (bicyclic) bond motifs is 1. The average molecular weight is 342 g/mol. The first kappa shape index (κ1) is 16.2. The summed E-state index contributed by atoms with van der Waals surface area (Å²) in [6.07, 6.45) is 2.58. The van der Waals surface area contributed by atoms with Gasteiger partial charge >= 0.3 is 0 Å². The molecule has 1 unspecified atom stereocenters. The molecule has 1 saturated carbocycles. The Morgan fingerprint density at radius 1 is 1.24 bits per heavy atom. The summed E-state index contributed by atoms with van der Waals surface area (Å²) < 4.78 is 0. The van der Waals surface area contributed by atoms with Crippen LogP contribution in [0.2, 0.25) is 0 Å². The Labute approximate surface area is 145 Å². The molecule has 1 saturated heterocycles. The van der Waals surface area contributed by atoms with Crippen molar-refractivity contribution in [1.82, 2.24) is 15.5 Å². The van der Waals surface area contributed by atoms with Crippen molar-refractivity contribution < 1.29 is 14.4 Å². The fourth-order valence-corrected chi connectivity index (χ4v) is 3.92. The number of nitrogens with one attached hydrogen (secondary N) is 2. The first-order valence-electron chi connectivity index (χ1n) is 8.77. The zero-order valence-electron chi connectivity index (χ0n) is 14.0. The summed E-state index contributed by atoms with van der Waals surface area (Å²) in [5, 5.41) is 5.78. The minimum atomic E-state index is -0.567. The van der Waals surface area contributed by atoms with Crippen molar-refractivity contribution in [3.05, 3.63) is 34.9 Å². The first-order chi connectivity index (χ1) is 12.0. The number of amides is 3. The van der Waals surface area contributed by atoms with Gasteiger partial charge in [0.1, 0.15) is 6.04 Å². The normalized spacial score (nSPS) is 28.6. The largest absolute Gasteiger partial charge is 0.328 e. The summed E-state index contributed by atoms with van der Waals surface area (Å²) in [4.78, 5) is 38.0. The molecule has 3 aliphatic rings. The van der Waals surface area contributed by atoms with Crippen molar-refractivity contribution in [3.8, 4) is 0 Å². The monoisotopic (exact) mass is 342 g/mol. The number of hydrogen-bond donors (Lipinski definition) is 3. The van der Waals surface area contributed by atoms with Crippen molar-refractivity contribution >= 4 is 17.7 Å². The summed E-state index contributed by atoms with van der Waals surface area (Å²) in [7, 11) is 0. The molecule has 25 heavy (non-hydrogen) atoms. The van der Waals surface area contributed by atoms with E-state index in [9.17, 15) is 14.4 Å². The van der Waals surface area contributed by atoms with Gasteiger partial charge in [0, 0.05) is 37.2 Å². The molecule has 0 aromatic heterocycles. The Morgan fingerprint density at radius 2 is 2.04 bits per heavy atom. The molecule has 0 radical (unpaired) electrons. The van der Waals surface area contributed by atoms with Gasteiger partial charge in [-0.05, 0) is 30.4 Å². The van der Waals surface area contributed by atoms with Crippen LogP contribution in [0, 0.1) is 0 Å². The smallest absolute Gasteiger partial charge is 0.255 e. The molecule has 132 valence electrons. The van der Waals surface area contributed by atoms with E-state index in [2.05, 4.69) is 10.6 Å². The molecule has 7 heteroatoms. The van der Waals surface area contributed by atoms with E-state index in [0.717, 1.165) is 24.0 Å². The number of piperidine rings is 1. The highest BCUT2D eigenvalue weighted by molar-refractivity contribution is 6.05. The first-order valence-corrected chi connectivity index (χ1v) is 8.77. The zero-order chi connectivity index (χ0) is 17.6. The molecular formula is C18H22N4O3. The van der Waals surface area contributed by atoms with Crippen molar-refractivity contribution in [3.63, 3.8) is 0 Å². The lowest BCUT2D eigenvalue weighted by molar-refractivity contribution is -0.136. The summed E-state index contributed by atoms with van der Waals surface area (Å²) in [5.74, 6) is -0.762. The lowest BCUT2D eigenvalue weighted by Gasteiger charge is -2.33. The summed E-state index contributed by atoms with van der Waals surface area (Å²) in [5.41, 5.74) is 8.41. The predicted octanol–water partition coefficient (Wildman–Crippen LogP) is 0.0269. The molecule has 2 fully saturated rings. The van der Waals surface area contributed by atoms with Gasteiger partial charge < -0.3 is 16.0 Å². The van der Waals surface area contributed by atoms with Gasteiger partial charge in [-0.1, -0.05) is 18.2 Å². The maximum Gasteiger partial charge on any atom is 0.255 e. The van der Waals surface area contributed by atoms with Crippen LogP contribution >= 0.6 is 0 Å². The third kappa shape index (κ3) is 2.94. The fourth-order valence-electron chi connectivity index (χ4n) is 3.92. The summed E-state index contributed by atoms with van der Waals surface area (Å²) in [6, 6.07) is 5.96. The maximum atomic E-state index is 12.9. The van der Waals surface area contributed by atoms with Crippen LogP contribution in [0.25, 0.3) is 0 Å². The molecule has 3 amide bonds. The Balaban J connectivity index is 1.50. The lowest BCUT2D eigenvalue weighted by Crippen LogP contribution is -2.52. The zero-order valence-corrected chi connectivity index (χ0v) is 14.0. The molecule has 0 spiro atoms. The van der Waals surface area contributed by atoms with Crippen LogP contribution in [0.4, 0.5) is 0 Å². The predicted molar refractivity (Wildman–Crippen MR) is 90.3 cm³/mol. The SMILES string of the molecule is NC1CC(NCc2cccc3c2C(=O)N(C2CCC(=O)NC2=O)C3)C1. The second kappa shape index (κ2) is 6.24. The van der Waals surface area contributed by atoms with E-state index in [-0.39, 0.29) is 30.2 Å². The van der Waals surface area contributed by atoms with Crippen LogP contribution in [0.3, 0.4) is 0 Å². The second-order valence-electron chi connectivity index (χ2n) is 7.16. The number of carbonyl (C=O) groups excluding carboxylic acids is 3. The highest BCUT2D eigenvalue weighted by atomic mass is 16.2. The third-order valence-electron chi connectivity index (χ3n) is 5.39. The van der Waals surface area contributed by atoms with Gasteiger partial charge in [0.25, 0.3) is 5.91 Å². The molecule has 1 aromatic carbocycles. The fraction of sp³-hybridized carbons (Fsp3) is 0.500. The standard InChI is InChI=1S/C18H22N4O3/c19-12-6-13(7-12)20-8-10-2-1-3-11-9-22(18(25)16(10)11)14-4-5-15(23)21-17(14)24/h1-3,12-14,20H,4-9,19H2,(H,21,23,24). The van der Waals surface area contributed by atoms with Crippen molar-refractivity contribution in [2.24, 2.45) is 5.73 Å². The van der Waals surface area contributed by atoms with Crippen molar-refractivity contribution in [1.29, 1.82) is 0 Å². The molecule has 1 atom stereocenters. The van der Waals surface area contributed by atoms with Crippen LogP contribution in [-0.4, -0.2) is 40.7 Å². The number of nitrogens with zero attached hydrogens (tertiary/aromatic N) is 1. The van der Waals surface area contributed by atoms with Crippen LogP contribution in [0.1, 0.15) is 47.2 Å². The van der Waals surface area contributed by atoms with E-state index in [4.69, 9.17) is 5.73 Å². The van der Waals surface area contributed by atoms with Crippen LogP contribution in [-0.2, 0) is 22.7 Å². The van der Waals surface area contributed by atoms with E-state index in [0.29, 0.717) is 31.1 Å². The van der Waals surface area contributed by atoms with Gasteiger partial charge in [0.05, 0.1) is 0 Å². The van der Waals surface area contributed by atoms with Gasteiger partial charge in [0.15, 0.2) is 0 Å². The van der Waals surface area contributed by atoms with E-state index < -0.39 is 6.04 Å². The minimum Gasteiger partial charge on any atom is -0.328 e. The third-order valence-corrected chi connectivity index (χ3v) is 5.39. The molecule has 4 N–H and O–H groups in total. The molecule has 4 rings (SSSR count). The quantitative estimate of drug-likeness (QED) is 0.670. The van der Waals surface area contributed by atoms with Gasteiger partial charge in [-0.15, -0.1) is 0 Å². The number of rotatable bonds is 4. The van der Waals surface area contributed by atoms with Crippen LogP contribution in [0.15, 0.2) is 18.2 Å². The number of nitrogens with two attached hydrogens (primary N) is 1. The van der Waals surface area contributed by atoms with Crippen LogP contribution in [0.5, 0.6) is 0 Å². The van der Waals surface area contributed by atoms with Gasteiger partial charge in [0.2, 0.25) is 11.8 Å². The Bertz CT molecular complexity index is 742. The average Bonchev–Trinajstić information content (AvgIpc) is 2.88. The number of benzene rings is 1.